The van der Waals surface area contributed by atoms with Gasteiger partial charge in [0.2, 0.25) is 0 Å². The number of sulfone groups is 1. The number of hydrogen-bond acceptors (Lipinski definition) is 3. The lowest BCUT2D eigenvalue weighted by Gasteiger charge is -2.06. The zero-order valence-electron chi connectivity index (χ0n) is 11.1. The van der Waals surface area contributed by atoms with Crippen LogP contribution in [0.1, 0.15) is 18.3 Å². The van der Waals surface area contributed by atoms with Crippen molar-refractivity contribution in [3.63, 3.8) is 0 Å². The number of aromatic nitrogens is 2. The van der Waals surface area contributed by atoms with Gasteiger partial charge in [0.25, 0.3) is 0 Å². The second kappa shape index (κ2) is 5.54. The van der Waals surface area contributed by atoms with Gasteiger partial charge < -0.3 is 0 Å². The van der Waals surface area contributed by atoms with E-state index in [1.165, 1.54) is 22.9 Å². The Hall–Kier alpha value is -1.40. The van der Waals surface area contributed by atoms with Crippen molar-refractivity contribution in [3.05, 3.63) is 46.5 Å². The largest absolute Gasteiger partial charge is 0.270 e. The molecule has 0 aliphatic rings. The third-order valence-electron chi connectivity index (χ3n) is 3.00. The summed E-state index contributed by atoms with van der Waals surface area (Å²) in [6, 6.07) is 5.30. The third-order valence-corrected chi connectivity index (χ3v) is 5.09. The number of nitrogens with zero attached hydrogens (tertiary/aromatic N) is 2. The summed E-state index contributed by atoms with van der Waals surface area (Å²) >= 11 is 6.12. The van der Waals surface area contributed by atoms with Crippen molar-refractivity contribution >= 4 is 21.4 Å². The van der Waals surface area contributed by atoms with Gasteiger partial charge in [-0.2, -0.15) is 5.10 Å². The zero-order valence-corrected chi connectivity index (χ0v) is 12.7. The van der Waals surface area contributed by atoms with Crippen molar-refractivity contribution in [1.82, 2.24) is 9.78 Å². The third kappa shape index (κ3) is 2.71. The van der Waals surface area contributed by atoms with Crippen molar-refractivity contribution in [2.45, 2.75) is 24.0 Å². The quantitative estimate of drug-likeness (QED) is 0.871. The lowest BCUT2D eigenvalue weighted by molar-refractivity contribution is 0.564. The van der Waals surface area contributed by atoms with Gasteiger partial charge in [0.15, 0.2) is 9.84 Å². The second-order valence-corrected chi connectivity index (χ2v) is 6.71. The van der Waals surface area contributed by atoms with E-state index in [-0.39, 0.29) is 10.6 Å². The first kappa shape index (κ1) is 15.0. The van der Waals surface area contributed by atoms with Gasteiger partial charge in [-0.05, 0) is 18.6 Å². The van der Waals surface area contributed by atoms with Gasteiger partial charge in [-0.15, -0.1) is 0 Å². The predicted octanol–water partition coefficient (Wildman–Crippen LogP) is 2.75. The van der Waals surface area contributed by atoms with E-state index in [1.807, 2.05) is 6.92 Å². The summed E-state index contributed by atoms with van der Waals surface area (Å²) in [5, 5.41) is 4.48. The summed E-state index contributed by atoms with van der Waals surface area (Å²) in [5.74, 6) is -1.14. The van der Waals surface area contributed by atoms with Crippen LogP contribution >= 0.6 is 11.6 Å². The molecule has 0 saturated heterocycles. The summed E-state index contributed by atoms with van der Waals surface area (Å²) in [6.07, 6.45) is 0.604. The number of rotatable bonds is 4. The molecule has 1 aromatic carbocycles. The van der Waals surface area contributed by atoms with Crippen LogP contribution in [-0.4, -0.2) is 18.2 Å². The van der Waals surface area contributed by atoms with E-state index in [1.54, 1.807) is 7.05 Å². The lowest BCUT2D eigenvalue weighted by atomic mass is 10.3. The molecule has 0 saturated carbocycles. The summed E-state index contributed by atoms with van der Waals surface area (Å²) in [6.45, 7) is 1.88. The molecule has 20 heavy (non-hydrogen) atoms. The topological polar surface area (TPSA) is 52.0 Å². The summed E-state index contributed by atoms with van der Waals surface area (Å²) in [4.78, 5) is -0.324. The predicted molar refractivity (Wildman–Crippen MR) is 74.9 cm³/mol. The molecule has 0 amide bonds. The van der Waals surface area contributed by atoms with Crippen molar-refractivity contribution in [3.8, 4) is 0 Å². The van der Waals surface area contributed by atoms with Crippen molar-refractivity contribution in [2.75, 3.05) is 0 Å². The standard InChI is InChI=1S/C13H14ClFN2O2S/c1-3-10-13(14)11(17(2)16-10)8-20(18,19)12-7-5-4-6-9(12)15/h4-7H,3,8H2,1-2H3. The molecule has 0 fully saturated rings. The first-order valence-electron chi connectivity index (χ1n) is 6.04. The molecule has 0 atom stereocenters. The van der Waals surface area contributed by atoms with Crippen molar-refractivity contribution < 1.29 is 12.8 Å². The molecule has 108 valence electrons. The van der Waals surface area contributed by atoms with Crippen molar-refractivity contribution in [2.24, 2.45) is 7.05 Å². The second-order valence-electron chi connectivity index (χ2n) is 4.37. The van der Waals surface area contributed by atoms with Crippen LogP contribution in [0.2, 0.25) is 5.02 Å². The Bertz CT molecular complexity index is 741. The Kier molecular flexibility index (Phi) is 4.15. The van der Waals surface area contributed by atoms with E-state index in [2.05, 4.69) is 5.10 Å². The fraction of sp³-hybridized carbons (Fsp3) is 0.308. The molecule has 0 spiro atoms. The molecule has 0 N–H and O–H groups in total. The van der Waals surface area contributed by atoms with E-state index in [0.29, 0.717) is 22.8 Å². The molecular weight excluding hydrogens is 303 g/mol. The van der Waals surface area contributed by atoms with Gasteiger partial charge >= 0.3 is 0 Å². The van der Waals surface area contributed by atoms with Crippen LogP contribution in [-0.2, 0) is 29.1 Å². The van der Waals surface area contributed by atoms with Gasteiger partial charge in [0.1, 0.15) is 10.7 Å². The summed E-state index contributed by atoms with van der Waals surface area (Å²) < 4.78 is 39.6. The number of hydrogen-bond donors (Lipinski definition) is 0. The van der Waals surface area contributed by atoms with E-state index < -0.39 is 15.7 Å². The average Bonchev–Trinajstić information content (AvgIpc) is 2.66. The number of halogens is 2. The van der Waals surface area contributed by atoms with Crippen LogP contribution in [0.5, 0.6) is 0 Å². The minimum atomic E-state index is -3.80. The Labute approximate surface area is 122 Å². The van der Waals surface area contributed by atoms with E-state index in [4.69, 9.17) is 11.6 Å². The molecule has 0 aliphatic heterocycles. The zero-order chi connectivity index (χ0) is 14.9. The highest BCUT2D eigenvalue weighted by Crippen LogP contribution is 2.26. The maximum absolute atomic E-state index is 13.6. The van der Waals surface area contributed by atoms with Crippen LogP contribution in [0.15, 0.2) is 29.2 Å². The molecule has 1 heterocycles. The number of benzene rings is 1. The van der Waals surface area contributed by atoms with Gasteiger partial charge in [-0.25, -0.2) is 12.8 Å². The lowest BCUT2D eigenvalue weighted by Crippen LogP contribution is -2.10. The Balaban J connectivity index is 2.44. The Morgan fingerprint density at radius 1 is 1.35 bits per heavy atom. The van der Waals surface area contributed by atoms with Crippen LogP contribution < -0.4 is 0 Å². The Morgan fingerprint density at radius 2 is 2.00 bits per heavy atom. The van der Waals surface area contributed by atoms with Gasteiger partial charge in [-0.1, -0.05) is 30.7 Å². The minimum absolute atomic E-state index is 0.324. The normalized spacial score (nSPS) is 11.8. The summed E-state index contributed by atoms with van der Waals surface area (Å²) in [7, 11) is -2.18. The molecule has 1 aromatic heterocycles. The molecule has 0 aliphatic carbocycles. The maximum atomic E-state index is 13.6. The molecule has 0 bridgehead atoms. The molecular formula is C13H14ClFN2O2S. The first-order chi connectivity index (χ1) is 9.36. The minimum Gasteiger partial charge on any atom is -0.270 e. The van der Waals surface area contributed by atoms with E-state index in [0.717, 1.165) is 6.07 Å². The number of aryl methyl sites for hydroxylation is 2. The fourth-order valence-corrected chi connectivity index (χ4v) is 3.87. The van der Waals surface area contributed by atoms with Crippen molar-refractivity contribution in [1.29, 1.82) is 0 Å². The van der Waals surface area contributed by atoms with E-state index >= 15 is 0 Å². The monoisotopic (exact) mass is 316 g/mol. The van der Waals surface area contributed by atoms with Crippen LogP contribution in [0, 0.1) is 5.82 Å². The van der Waals surface area contributed by atoms with Gasteiger partial charge in [0, 0.05) is 7.05 Å². The summed E-state index contributed by atoms with van der Waals surface area (Å²) in [5.41, 5.74) is 1.000. The van der Waals surface area contributed by atoms with Gasteiger partial charge in [-0.3, -0.25) is 4.68 Å². The molecule has 2 rings (SSSR count). The molecule has 2 aromatic rings. The molecule has 0 radical (unpaired) electrons. The fourth-order valence-electron chi connectivity index (χ4n) is 1.93. The molecule has 7 heteroatoms. The Morgan fingerprint density at radius 3 is 2.55 bits per heavy atom. The maximum Gasteiger partial charge on any atom is 0.186 e. The highest BCUT2D eigenvalue weighted by atomic mass is 35.5. The first-order valence-corrected chi connectivity index (χ1v) is 8.07. The highest BCUT2D eigenvalue weighted by Gasteiger charge is 2.24. The average molecular weight is 317 g/mol. The highest BCUT2D eigenvalue weighted by molar-refractivity contribution is 7.90. The molecule has 4 nitrogen and oxygen atoms in total. The van der Waals surface area contributed by atoms with Crippen LogP contribution in [0.4, 0.5) is 4.39 Å². The van der Waals surface area contributed by atoms with E-state index in [9.17, 15) is 12.8 Å². The molecule has 0 unspecified atom stereocenters. The smallest absolute Gasteiger partial charge is 0.186 e. The van der Waals surface area contributed by atoms with Gasteiger partial charge in [0.05, 0.1) is 22.2 Å². The van der Waals surface area contributed by atoms with Crippen LogP contribution in [0.3, 0.4) is 0 Å². The SMILES string of the molecule is CCc1nn(C)c(CS(=O)(=O)c2ccccc2F)c1Cl. The van der Waals surface area contributed by atoms with Crippen LogP contribution in [0.25, 0.3) is 0 Å².